The van der Waals surface area contributed by atoms with E-state index in [9.17, 15) is 9.59 Å². The number of carbonyl (C=O) groups is 1. The van der Waals surface area contributed by atoms with Crippen LogP contribution in [-0.2, 0) is 6.42 Å². The van der Waals surface area contributed by atoms with E-state index in [-0.39, 0.29) is 17.1 Å². The van der Waals surface area contributed by atoms with Crippen LogP contribution in [0.4, 0.5) is 0 Å². The maximum absolute atomic E-state index is 12.9. The first-order valence-electron chi connectivity index (χ1n) is 8.93. The molecule has 3 aromatic rings. The Bertz CT molecular complexity index is 1000. The largest absolute Gasteiger partial charge is 0.451 e. The summed E-state index contributed by atoms with van der Waals surface area (Å²) < 4.78 is 5.71. The van der Waals surface area contributed by atoms with Gasteiger partial charge in [0.1, 0.15) is 5.58 Å². The second-order valence-corrected chi connectivity index (χ2v) is 6.97. The average Bonchev–Trinajstić information content (AvgIpc) is 3.06. The number of aromatic amines is 1. The number of benzene rings is 1. The zero-order valence-corrected chi connectivity index (χ0v) is 14.7. The van der Waals surface area contributed by atoms with Crippen LogP contribution in [0.5, 0.6) is 0 Å². The van der Waals surface area contributed by atoms with Gasteiger partial charge in [-0.05, 0) is 49.8 Å². The van der Waals surface area contributed by atoms with Gasteiger partial charge in [-0.2, -0.15) is 5.10 Å². The number of H-pyrrole nitrogens is 1. The van der Waals surface area contributed by atoms with Crippen molar-refractivity contribution in [2.45, 2.75) is 26.2 Å². The van der Waals surface area contributed by atoms with E-state index >= 15 is 0 Å². The van der Waals surface area contributed by atoms with E-state index in [1.165, 1.54) is 6.07 Å². The second-order valence-electron chi connectivity index (χ2n) is 6.97. The van der Waals surface area contributed by atoms with Crippen molar-refractivity contribution in [1.29, 1.82) is 0 Å². The van der Waals surface area contributed by atoms with E-state index in [0.717, 1.165) is 30.5 Å². The van der Waals surface area contributed by atoms with Gasteiger partial charge in [0.05, 0.1) is 11.6 Å². The van der Waals surface area contributed by atoms with Crippen molar-refractivity contribution in [2.75, 3.05) is 13.1 Å². The first-order chi connectivity index (χ1) is 12.6. The first-order valence-corrected chi connectivity index (χ1v) is 8.93. The molecule has 1 fully saturated rings. The molecule has 0 bridgehead atoms. The third-order valence-electron chi connectivity index (χ3n) is 5.08. The van der Waals surface area contributed by atoms with Crippen molar-refractivity contribution in [3.8, 4) is 0 Å². The molecule has 6 nitrogen and oxygen atoms in total. The molecule has 26 heavy (non-hydrogen) atoms. The molecule has 0 unspecified atom stereocenters. The number of nitrogens with zero attached hydrogens (tertiary/aromatic N) is 2. The molecule has 1 N–H and O–H groups in total. The molecule has 1 aromatic carbocycles. The molecular weight excluding hydrogens is 330 g/mol. The van der Waals surface area contributed by atoms with Crippen LogP contribution >= 0.6 is 0 Å². The fraction of sp³-hybridized carbons (Fsp3) is 0.350. The minimum absolute atomic E-state index is 0.118. The van der Waals surface area contributed by atoms with Crippen molar-refractivity contribution in [3.05, 3.63) is 63.8 Å². The van der Waals surface area contributed by atoms with Gasteiger partial charge < -0.3 is 9.32 Å². The van der Waals surface area contributed by atoms with Crippen LogP contribution in [0.25, 0.3) is 11.0 Å². The molecule has 1 aliphatic rings. The summed E-state index contributed by atoms with van der Waals surface area (Å²) in [6, 6.07) is 8.32. The molecule has 1 saturated heterocycles. The van der Waals surface area contributed by atoms with Crippen molar-refractivity contribution < 1.29 is 9.21 Å². The number of aryl methyl sites for hydroxylation is 1. The molecule has 0 spiro atoms. The Morgan fingerprint density at radius 1 is 1.38 bits per heavy atom. The van der Waals surface area contributed by atoms with E-state index in [2.05, 4.69) is 10.2 Å². The summed E-state index contributed by atoms with van der Waals surface area (Å²) in [5.41, 5.74) is 2.54. The molecule has 134 valence electrons. The number of para-hydroxylation sites is 1. The van der Waals surface area contributed by atoms with Crippen LogP contribution in [0.2, 0.25) is 0 Å². The number of amides is 1. The smallest absolute Gasteiger partial charge is 0.289 e. The lowest BCUT2D eigenvalue weighted by atomic mass is 9.92. The summed E-state index contributed by atoms with van der Waals surface area (Å²) >= 11 is 0. The van der Waals surface area contributed by atoms with E-state index in [1.807, 2.05) is 13.1 Å². The normalized spacial score (nSPS) is 17.6. The molecule has 1 aliphatic heterocycles. The van der Waals surface area contributed by atoms with Gasteiger partial charge in [0.15, 0.2) is 11.2 Å². The van der Waals surface area contributed by atoms with Crippen LogP contribution in [0.15, 0.2) is 45.7 Å². The lowest BCUT2D eigenvalue weighted by Crippen LogP contribution is -2.40. The van der Waals surface area contributed by atoms with Gasteiger partial charge in [-0.3, -0.25) is 14.7 Å². The number of fused-ring (bicyclic) bond motifs is 1. The molecular formula is C20H21N3O3. The molecule has 4 rings (SSSR count). The Morgan fingerprint density at radius 2 is 2.23 bits per heavy atom. The number of aromatic nitrogens is 2. The monoisotopic (exact) mass is 351 g/mol. The minimum atomic E-state index is -0.209. The minimum Gasteiger partial charge on any atom is -0.451 e. The topological polar surface area (TPSA) is 79.2 Å². The molecule has 3 heterocycles. The number of nitrogens with one attached hydrogen (secondary N) is 1. The Balaban J connectivity index is 1.54. The Kier molecular flexibility index (Phi) is 4.32. The maximum atomic E-state index is 12.9. The maximum Gasteiger partial charge on any atom is 0.289 e. The summed E-state index contributed by atoms with van der Waals surface area (Å²) in [5.74, 6) is 0.282. The highest BCUT2D eigenvalue weighted by Gasteiger charge is 2.27. The lowest BCUT2D eigenvalue weighted by molar-refractivity contribution is 0.0641. The predicted octanol–water partition coefficient (Wildman–Crippen LogP) is 2.92. The fourth-order valence-corrected chi connectivity index (χ4v) is 3.65. The zero-order valence-electron chi connectivity index (χ0n) is 14.7. The Labute approximate surface area is 150 Å². The van der Waals surface area contributed by atoms with Crippen molar-refractivity contribution >= 4 is 16.9 Å². The Hall–Kier alpha value is -2.89. The van der Waals surface area contributed by atoms with E-state index in [1.54, 1.807) is 29.2 Å². The first kappa shape index (κ1) is 16.6. The lowest BCUT2D eigenvalue weighted by Gasteiger charge is -2.32. The number of hydrogen-bond donors (Lipinski definition) is 1. The third kappa shape index (κ3) is 3.14. The second kappa shape index (κ2) is 6.78. The number of piperidine rings is 1. The summed E-state index contributed by atoms with van der Waals surface area (Å²) in [6.45, 7) is 3.38. The van der Waals surface area contributed by atoms with Crippen LogP contribution < -0.4 is 5.43 Å². The van der Waals surface area contributed by atoms with Gasteiger partial charge >= 0.3 is 0 Å². The summed E-state index contributed by atoms with van der Waals surface area (Å²) in [4.78, 5) is 26.9. The quantitative estimate of drug-likeness (QED) is 0.787. The van der Waals surface area contributed by atoms with Gasteiger partial charge in [0.25, 0.3) is 5.91 Å². The van der Waals surface area contributed by atoms with Gasteiger partial charge in [0.2, 0.25) is 0 Å². The molecule has 1 amide bonds. The van der Waals surface area contributed by atoms with Gasteiger partial charge in [-0.1, -0.05) is 12.1 Å². The number of carbonyl (C=O) groups excluding carboxylic acids is 1. The van der Waals surface area contributed by atoms with E-state index < -0.39 is 0 Å². The number of rotatable bonds is 3. The van der Waals surface area contributed by atoms with Crippen molar-refractivity contribution in [3.63, 3.8) is 0 Å². The van der Waals surface area contributed by atoms with Gasteiger partial charge in [0, 0.05) is 24.8 Å². The Morgan fingerprint density at radius 3 is 3.04 bits per heavy atom. The van der Waals surface area contributed by atoms with Crippen LogP contribution in [0.3, 0.4) is 0 Å². The fourth-order valence-electron chi connectivity index (χ4n) is 3.65. The summed E-state index contributed by atoms with van der Waals surface area (Å²) in [7, 11) is 0. The highest BCUT2D eigenvalue weighted by Crippen LogP contribution is 2.23. The number of likely N-dealkylation sites (tertiary alicyclic amines) is 1. The van der Waals surface area contributed by atoms with E-state index in [4.69, 9.17) is 4.42 Å². The van der Waals surface area contributed by atoms with Gasteiger partial charge in [-0.15, -0.1) is 0 Å². The molecule has 1 atom stereocenters. The summed E-state index contributed by atoms with van der Waals surface area (Å²) in [5, 5.41) is 7.61. The molecule has 0 aliphatic carbocycles. The summed E-state index contributed by atoms with van der Waals surface area (Å²) in [6.07, 6.45) is 4.72. The molecule has 0 saturated carbocycles. The van der Waals surface area contributed by atoms with Crippen molar-refractivity contribution in [2.24, 2.45) is 5.92 Å². The van der Waals surface area contributed by atoms with Crippen LogP contribution in [0.1, 0.15) is 34.7 Å². The van der Waals surface area contributed by atoms with Crippen LogP contribution in [-0.4, -0.2) is 34.1 Å². The molecule has 6 heteroatoms. The van der Waals surface area contributed by atoms with Crippen LogP contribution in [0, 0.1) is 12.8 Å². The highest BCUT2D eigenvalue weighted by molar-refractivity contribution is 5.93. The standard InChI is InChI=1S/C20H21N3O3/c1-13-11-21-22-16(13)9-14-5-4-8-23(12-14)20(25)19-10-17(24)15-6-2-3-7-18(15)26-19/h2-3,6-7,10-11,14H,4-5,8-9,12H2,1H3,(H,21,22)/t14-/m1/s1. The van der Waals surface area contributed by atoms with Crippen molar-refractivity contribution in [1.82, 2.24) is 15.1 Å². The third-order valence-corrected chi connectivity index (χ3v) is 5.08. The zero-order chi connectivity index (χ0) is 18.1. The molecule has 0 radical (unpaired) electrons. The average molecular weight is 351 g/mol. The van der Waals surface area contributed by atoms with Gasteiger partial charge in [-0.25, -0.2) is 0 Å². The molecule has 2 aromatic heterocycles. The van der Waals surface area contributed by atoms with E-state index in [0.29, 0.717) is 30.0 Å². The predicted molar refractivity (Wildman–Crippen MR) is 98.1 cm³/mol. The highest BCUT2D eigenvalue weighted by atomic mass is 16.3. The SMILES string of the molecule is Cc1cn[nH]c1C[C@H]1CCCN(C(=O)c2cc(=O)c3ccccc3o2)C1. The number of hydrogen-bond acceptors (Lipinski definition) is 4.